The van der Waals surface area contributed by atoms with Crippen molar-refractivity contribution in [3.63, 3.8) is 0 Å². The van der Waals surface area contributed by atoms with Gasteiger partial charge in [-0.05, 0) is 30.2 Å². The van der Waals surface area contributed by atoms with E-state index in [1.807, 2.05) is 18.2 Å². The molecule has 6 heteroatoms. The zero-order valence-corrected chi connectivity index (χ0v) is 12.9. The molecular weight excluding hydrogens is 298 g/mol. The van der Waals surface area contributed by atoms with E-state index in [-0.39, 0.29) is 24.2 Å². The Labute approximate surface area is 134 Å². The third kappa shape index (κ3) is 3.48. The summed E-state index contributed by atoms with van der Waals surface area (Å²) in [6, 6.07) is 8.91. The monoisotopic (exact) mass is 317 g/mol. The predicted octanol–water partition coefficient (Wildman–Crippen LogP) is 1.76. The highest BCUT2D eigenvalue weighted by Gasteiger charge is 2.21. The Morgan fingerprint density at radius 1 is 1.39 bits per heavy atom. The molecular formula is C17H19NO5. The number of hydrogen-bond donors (Lipinski definition) is 2. The molecule has 1 aliphatic heterocycles. The minimum Gasteiger partial charge on any atom is -0.497 e. The van der Waals surface area contributed by atoms with E-state index in [0.717, 1.165) is 23.5 Å². The van der Waals surface area contributed by atoms with Gasteiger partial charge in [0.1, 0.15) is 23.9 Å². The zero-order valence-electron chi connectivity index (χ0n) is 12.9. The minimum absolute atomic E-state index is 0.201. The lowest BCUT2D eigenvalue weighted by molar-refractivity contribution is 0.0906. The second-order valence-corrected chi connectivity index (χ2v) is 5.49. The van der Waals surface area contributed by atoms with Crippen molar-refractivity contribution in [3.05, 3.63) is 47.4 Å². The largest absolute Gasteiger partial charge is 0.497 e. The van der Waals surface area contributed by atoms with Crippen LogP contribution >= 0.6 is 0 Å². The standard InChI is InChI=1S/C17H19NO5/c1-21-13-3-2-12-6-11(10-22-16(12)7-13)8-18-17(20)15-5-4-14(9-19)23-15/h2-5,7,11,19H,6,8-10H2,1H3,(H,18,20). The van der Waals surface area contributed by atoms with Crippen molar-refractivity contribution in [2.24, 2.45) is 5.92 Å². The number of furan rings is 1. The molecule has 23 heavy (non-hydrogen) atoms. The molecule has 0 saturated heterocycles. The number of aliphatic hydroxyl groups excluding tert-OH is 1. The van der Waals surface area contributed by atoms with Crippen molar-refractivity contribution < 1.29 is 23.8 Å². The molecule has 1 atom stereocenters. The molecule has 1 aromatic carbocycles. The van der Waals surface area contributed by atoms with Crippen LogP contribution in [0, 0.1) is 5.92 Å². The van der Waals surface area contributed by atoms with E-state index in [4.69, 9.17) is 19.0 Å². The number of amides is 1. The van der Waals surface area contributed by atoms with Crippen LogP contribution in [-0.2, 0) is 13.0 Å². The number of aliphatic hydroxyl groups is 1. The van der Waals surface area contributed by atoms with Gasteiger partial charge in [0.2, 0.25) is 0 Å². The van der Waals surface area contributed by atoms with Gasteiger partial charge in [-0.3, -0.25) is 4.79 Å². The molecule has 0 fully saturated rings. The predicted molar refractivity (Wildman–Crippen MR) is 82.6 cm³/mol. The van der Waals surface area contributed by atoms with Crippen molar-refractivity contribution in [2.45, 2.75) is 13.0 Å². The number of nitrogens with one attached hydrogen (secondary N) is 1. The molecule has 0 radical (unpaired) electrons. The minimum atomic E-state index is -0.287. The van der Waals surface area contributed by atoms with Crippen LogP contribution in [0.1, 0.15) is 21.9 Å². The van der Waals surface area contributed by atoms with Gasteiger partial charge in [-0.2, -0.15) is 0 Å². The summed E-state index contributed by atoms with van der Waals surface area (Å²) in [5.41, 5.74) is 1.11. The van der Waals surface area contributed by atoms with Crippen LogP contribution in [0.25, 0.3) is 0 Å². The molecule has 0 aliphatic carbocycles. The lowest BCUT2D eigenvalue weighted by Gasteiger charge is -2.25. The van der Waals surface area contributed by atoms with E-state index in [9.17, 15) is 4.79 Å². The summed E-state index contributed by atoms with van der Waals surface area (Å²) in [4.78, 5) is 12.0. The van der Waals surface area contributed by atoms with E-state index in [2.05, 4.69) is 5.32 Å². The molecule has 0 bridgehead atoms. The van der Waals surface area contributed by atoms with Crippen LogP contribution in [0.2, 0.25) is 0 Å². The van der Waals surface area contributed by atoms with Crippen molar-refractivity contribution in [3.8, 4) is 11.5 Å². The molecule has 1 aromatic heterocycles. The molecule has 0 saturated carbocycles. The fraction of sp³-hybridized carbons (Fsp3) is 0.353. The van der Waals surface area contributed by atoms with E-state index in [1.165, 1.54) is 0 Å². The Balaban J connectivity index is 1.56. The fourth-order valence-corrected chi connectivity index (χ4v) is 2.58. The van der Waals surface area contributed by atoms with Crippen LogP contribution in [0.4, 0.5) is 0 Å². The number of hydrogen-bond acceptors (Lipinski definition) is 5. The fourth-order valence-electron chi connectivity index (χ4n) is 2.58. The number of carbonyl (C=O) groups excluding carboxylic acids is 1. The topological polar surface area (TPSA) is 80.9 Å². The number of fused-ring (bicyclic) bond motifs is 1. The number of rotatable bonds is 5. The highest BCUT2D eigenvalue weighted by Crippen LogP contribution is 2.30. The lowest BCUT2D eigenvalue weighted by atomic mass is 9.96. The first-order chi connectivity index (χ1) is 11.2. The van der Waals surface area contributed by atoms with Crippen LogP contribution in [-0.4, -0.2) is 31.3 Å². The molecule has 1 aliphatic rings. The maximum atomic E-state index is 12.0. The van der Waals surface area contributed by atoms with Crippen molar-refractivity contribution >= 4 is 5.91 Å². The Hall–Kier alpha value is -2.47. The molecule has 1 unspecified atom stereocenters. The molecule has 2 N–H and O–H groups in total. The van der Waals surface area contributed by atoms with E-state index in [0.29, 0.717) is 18.9 Å². The third-order valence-corrected chi connectivity index (χ3v) is 3.85. The van der Waals surface area contributed by atoms with Gasteiger partial charge in [-0.25, -0.2) is 0 Å². The molecule has 1 amide bonds. The summed E-state index contributed by atoms with van der Waals surface area (Å²) < 4.78 is 16.1. The summed E-state index contributed by atoms with van der Waals surface area (Å²) in [5.74, 6) is 2.10. The first-order valence-corrected chi connectivity index (χ1v) is 7.47. The maximum absolute atomic E-state index is 12.0. The van der Waals surface area contributed by atoms with Gasteiger partial charge in [-0.15, -0.1) is 0 Å². The van der Waals surface area contributed by atoms with E-state index in [1.54, 1.807) is 19.2 Å². The maximum Gasteiger partial charge on any atom is 0.287 e. The van der Waals surface area contributed by atoms with E-state index >= 15 is 0 Å². The highest BCUT2D eigenvalue weighted by molar-refractivity contribution is 5.91. The first-order valence-electron chi connectivity index (χ1n) is 7.47. The van der Waals surface area contributed by atoms with Gasteiger partial charge in [0.05, 0.1) is 13.7 Å². The van der Waals surface area contributed by atoms with Gasteiger partial charge in [0.25, 0.3) is 5.91 Å². The number of benzene rings is 1. The van der Waals surface area contributed by atoms with Crippen molar-refractivity contribution in [2.75, 3.05) is 20.3 Å². The van der Waals surface area contributed by atoms with E-state index < -0.39 is 0 Å². The quantitative estimate of drug-likeness (QED) is 0.878. The second-order valence-electron chi connectivity index (χ2n) is 5.49. The highest BCUT2D eigenvalue weighted by atomic mass is 16.5. The first kappa shape index (κ1) is 15.4. The molecule has 2 heterocycles. The molecule has 122 valence electrons. The average Bonchev–Trinajstić information content (AvgIpc) is 3.08. The van der Waals surface area contributed by atoms with Gasteiger partial charge >= 0.3 is 0 Å². The Kier molecular flexibility index (Phi) is 4.52. The second kappa shape index (κ2) is 6.75. The van der Waals surface area contributed by atoms with Crippen LogP contribution in [0.5, 0.6) is 11.5 Å². The number of carbonyl (C=O) groups is 1. The van der Waals surface area contributed by atoms with Gasteiger partial charge in [-0.1, -0.05) is 6.07 Å². The normalized spacial score (nSPS) is 16.3. The summed E-state index contributed by atoms with van der Waals surface area (Å²) >= 11 is 0. The average molecular weight is 317 g/mol. The van der Waals surface area contributed by atoms with Gasteiger partial charge < -0.3 is 24.3 Å². The van der Waals surface area contributed by atoms with Crippen LogP contribution in [0.15, 0.2) is 34.7 Å². The summed E-state index contributed by atoms with van der Waals surface area (Å²) in [7, 11) is 1.62. The molecule has 6 nitrogen and oxygen atoms in total. The van der Waals surface area contributed by atoms with Crippen LogP contribution in [0.3, 0.4) is 0 Å². The molecule has 0 spiro atoms. The van der Waals surface area contributed by atoms with Crippen molar-refractivity contribution in [1.82, 2.24) is 5.32 Å². The Morgan fingerprint density at radius 3 is 3.00 bits per heavy atom. The smallest absolute Gasteiger partial charge is 0.287 e. The summed E-state index contributed by atoms with van der Waals surface area (Å²) in [6.07, 6.45) is 0.833. The molecule has 2 aromatic rings. The SMILES string of the molecule is COc1ccc2c(c1)OCC(CNC(=O)c1ccc(CO)o1)C2. The Bertz CT molecular complexity index is 694. The van der Waals surface area contributed by atoms with Gasteiger partial charge in [0, 0.05) is 18.5 Å². The third-order valence-electron chi connectivity index (χ3n) is 3.85. The van der Waals surface area contributed by atoms with Crippen LogP contribution < -0.4 is 14.8 Å². The lowest BCUT2D eigenvalue weighted by Crippen LogP contribution is -2.34. The van der Waals surface area contributed by atoms with Gasteiger partial charge in [0.15, 0.2) is 5.76 Å². The van der Waals surface area contributed by atoms with Crippen molar-refractivity contribution in [1.29, 1.82) is 0 Å². The summed E-state index contributed by atoms with van der Waals surface area (Å²) in [6.45, 7) is 0.823. The zero-order chi connectivity index (χ0) is 16.2. The number of methoxy groups -OCH3 is 1. The molecule has 3 rings (SSSR count). The summed E-state index contributed by atoms with van der Waals surface area (Å²) in [5, 5.41) is 11.8. The number of ether oxygens (including phenoxy) is 2. The Morgan fingerprint density at radius 2 is 2.26 bits per heavy atom.